The predicted molar refractivity (Wildman–Crippen MR) is 79.0 cm³/mol. The first-order chi connectivity index (χ1) is 10.8. The third-order valence-corrected chi connectivity index (χ3v) is 3.74. The Labute approximate surface area is 137 Å². The Morgan fingerprint density at radius 1 is 1.04 bits per heavy atom. The van der Waals surface area contributed by atoms with Crippen LogP contribution in [-0.2, 0) is 10.1 Å². The molecule has 146 valence electrons. The molecule has 0 rings (SSSR count). The molecule has 11 heteroatoms. The third kappa shape index (κ3) is 12.6. The molecule has 0 aliphatic heterocycles. The Hall–Kier alpha value is -0.810. The van der Waals surface area contributed by atoms with Gasteiger partial charge >= 0.3 is 21.5 Å². The van der Waals surface area contributed by atoms with E-state index < -0.39 is 40.6 Å². The number of halogens is 6. The molecule has 0 aliphatic rings. The van der Waals surface area contributed by atoms with Crippen molar-refractivity contribution in [1.82, 2.24) is 0 Å². The molecular weight excluding hydrogens is 364 g/mol. The first-order valence-corrected chi connectivity index (χ1v) is 8.60. The van der Waals surface area contributed by atoms with Crippen molar-refractivity contribution in [3.8, 4) is 0 Å². The summed E-state index contributed by atoms with van der Waals surface area (Å²) in [5, 5.41) is -4.86. The van der Waals surface area contributed by atoms with Crippen molar-refractivity contribution in [2.24, 2.45) is 5.73 Å². The second kappa shape index (κ2) is 11.7. The van der Waals surface area contributed by atoms with E-state index in [0.29, 0.717) is 13.0 Å². The molecule has 4 nitrogen and oxygen atoms in total. The van der Waals surface area contributed by atoms with Gasteiger partial charge in [0.2, 0.25) is 0 Å². The summed E-state index contributed by atoms with van der Waals surface area (Å²) in [7, 11) is -5.80. The highest BCUT2D eigenvalue weighted by atomic mass is 32.2. The lowest BCUT2D eigenvalue weighted by atomic mass is 10.1. The largest absolute Gasteiger partial charge is 0.400 e. The predicted octanol–water partition coefficient (Wildman–Crippen LogP) is 4.23. The summed E-state index contributed by atoms with van der Waals surface area (Å²) >= 11 is 0. The minimum Gasteiger partial charge on any atom is -0.327 e. The van der Waals surface area contributed by atoms with Crippen LogP contribution in [-0.4, -0.2) is 37.1 Å². The zero-order valence-corrected chi connectivity index (χ0v) is 13.9. The van der Waals surface area contributed by atoms with Crippen LogP contribution in [0.5, 0.6) is 0 Å². The van der Waals surface area contributed by atoms with Crippen molar-refractivity contribution in [1.29, 1.82) is 0 Å². The van der Waals surface area contributed by atoms with Crippen molar-refractivity contribution < 1.29 is 39.3 Å². The van der Waals surface area contributed by atoms with Gasteiger partial charge in [-0.15, -0.1) is 6.58 Å². The van der Waals surface area contributed by atoms with Gasteiger partial charge < -0.3 is 5.73 Å². The van der Waals surface area contributed by atoms with Crippen molar-refractivity contribution >= 4 is 10.1 Å². The molecule has 1 unspecified atom stereocenters. The van der Waals surface area contributed by atoms with Gasteiger partial charge in [-0.2, -0.15) is 30.4 Å². The van der Waals surface area contributed by atoms with E-state index in [9.17, 15) is 34.8 Å². The maximum Gasteiger partial charge on any atom is 0.400 e. The van der Waals surface area contributed by atoms with E-state index in [4.69, 9.17) is 10.3 Å². The topological polar surface area (TPSA) is 80.4 Å². The average Bonchev–Trinajstić information content (AvgIpc) is 2.43. The Morgan fingerprint density at radius 3 is 1.83 bits per heavy atom. The minimum absolute atomic E-state index is 0.0935. The van der Waals surface area contributed by atoms with Crippen molar-refractivity contribution in [2.45, 2.75) is 62.5 Å². The summed E-state index contributed by atoms with van der Waals surface area (Å²) in [6.45, 7) is 3.94. The van der Waals surface area contributed by atoms with Crippen LogP contribution in [0.4, 0.5) is 26.3 Å². The average molecular weight is 387 g/mol. The van der Waals surface area contributed by atoms with Crippen LogP contribution in [0, 0.1) is 0 Å². The summed E-state index contributed by atoms with van der Waals surface area (Å²) in [6.07, 6.45) is -6.78. The van der Waals surface area contributed by atoms with Crippen LogP contribution < -0.4 is 5.73 Å². The summed E-state index contributed by atoms with van der Waals surface area (Å²) in [6, 6.07) is 0. The molecule has 24 heavy (non-hydrogen) atoms. The molecular formula is C13H23F6NO3S. The SMILES string of the molecule is C=CCN.O=S(=O)(O)C(F)(F)C(F)CCCCCCCC(F)(F)F. The van der Waals surface area contributed by atoms with Crippen molar-refractivity contribution in [3.05, 3.63) is 12.7 Å². The van der Waals surface area contributed by atoms with Gasteiger partial charge in [0.1, 0.15) is 0 Å². The number of rotatable bonds is 10. The van der Waals surface area contributed by atoms with Gasteiger partial charge in [0.15, 0.2) is 6.17 Å². The zero-order chi connectivity index (χ0) is 19.4. The summed E-state index contributed by atoms with van der Waals surface area (Å²) in [5.74, 6) is 0. The summed E-state index contributed by atoms with van der Waals surface area (Å²) in [5.41, 5.74) is 4.91. The number of unbranched alkanes of at least 4 members (excludes halogenated alkanes) is 4. The van der Waals surface area contributed by atoms with E-state index in [-0.39, 0.29) is 25.7 Å². The van der Waals surface area contributed by atoms with Crippen LogP contribution in [0.1, 0.15) is 44.9 Å². The molecule has 3 N–H and O–H groups in total. The fourth-order valence-electron chi connectivity index (χ4n) is 1.51. The van der Waals surface area contributed by atoms with Crippen molar-refractivity contribution in [2.75, 3.05) is 6.54 Å². The molecule has 0 saturated carbocycles. The number of hydrogen-bond acceptors (Lipinski definition) is 3. The lowest BCUT2D eigenvalue weighted by Crippen LogP contribution is -2.38. The Balaban J connectivity index is 0. The van der Waals surface area contributed by atoms with E-state index in [2.05, 4.69) is 6.58 Å². The first kappa shape index (κ1) is 25.4. The van der Waals surface area contributed by atoms with Crippen LogP contribution in [0.3, 0.4) is 0 Å². The minimum atomic E-state index is -5.80. The van der Waals surface area contributed by atoms with Gasteiger partial charge in [-0.3, -0.25) is 4.55 Å². The van der Waals surface area contributed by atoms with Gasteiger partial charge in [-0.1, -0.05) is 31.8 Å². The molecule has 0 saturated heterocycles. The highest BCUT2D eigenvalue weighted by molar-refractivity contribution is 7.86. The Kier molecular flexibility index (Phi) is 12.4. The molecule has 0 aromatic carbocycles. The third-order valence-electron chi connectivity index (χ3n) is 2.79. The van der Waals surface area contributed by atoms with E-state index in [1.54, 1.807) is 6.08 Å². The van der Waals surface area contributed by atoms with E-state index in [1.165, 1.54) is 0 Å². The van der Waals surface area contributed by atoms with Gasteiger partial charge in [-0.05, 0) is 12.8 Å². The summed E-state index contributed by atoms with van der Waals surface area (Å²) < 4.78 is 102. The molecule has 0 radical (unpaired) electrons. The second-order valence-electron chi connectivity index (χ2n) is 4.95. The highest BCUT2D eigenvalue weighted by Crippen LogP contribution is 2.30. The van der Waals surface area contributed by atoms with Gasteiger partial charge in [-0.25, -0.2) is 4.39 Å². The van der Waals surface area contributed by atoms with Gasteiger partial charge in [0.25, 0.3) is 0 Å². The molecule has 0 aliphatic carbocycles. The second-order valence-corrected chi connectivity index (χ2v) is 6.44. The van der Waals surface area contributed by atoms with Crippen molar-refractivity contribution in [3.63, 3.8) is 0 Å². The summed E-state index contributed by atoms with van der Waals surface area (Å²) in [4.78, 5) is 0. The monoisotopic (exact) mass is 387 g/mol. The Morgan fingerprint density at radius 2 is 1.46 bits per heavy atom. The lowest BCUT2D eigenvalue weighted by molar-refractivity contribution is -0.135. The van der Waals surface area contributed by atoms with Gasteiger partial charge in [0, 0.05) is 13.0 Å². The van der Waals surface area contributed by atoms with E-state index in [1.807, 2.05) is 0 Å². The lowest BCUT2D eigenvalue weighted by Gasteiger charge is -2.17. The van der Waals surface area contributed by atoms with Crippen LogP contribution in [0.2, 0.25) is 0 Å². The first-order valence-electron chi connectivity index (χ1n) is 7.16. The fourth-order valence-corrected chi connectivity index (χ4v) is 1.95. The smallest absolute Gasteiger partial charge is 0.327 e. The molecule has 0 fully saturated rings. The van der Waals surface area contributed by atoms with E-state index >= 15 is 0 Å². The zero-order valence-electron chi connectivity index (χ0n) is 13.0. The maximum atomic E-state index is 13.0. The quantitative estimate of drug-likeness (QED) is 0.254. The van der Waals surface area contributed by atoms with Crippen LogP contribution in [0.25, 0.3) is 0 Å². The normalized spacial score (nSPS) is 13.8. The van der Waals surface area contributed by atoms with Crippen LogP contribution >= 0.6 is 0 Å². The standard InChI is InChI=1S/C10H16F6O3S.C3H7N/c11-8(10(15,16)20(17,18)19)6-4-2-1-3-5-7-9(12,13)14;1-2-3-4/h8H,1-7H2,(H,17,18,19);2H,1,3-4H2. The number of alkyl halides is 6. The maximum absolute atomic E-state index is 13.0. The molecule has 0 spiro atoms. The molecule has 0 aromatic heterocycles. The number of hydrogen-bond donors (Lipinski definition) is 2. The number of nitrogens with two attached hydrogens (primary N) is 1. The molecule has 1 atom stereocenters. The molecule has 0 heterocycles. The highest BCUT2D eigenvalue weighted by Gasteiger charge is 2.52. The van der Waals surface area contributed by atoms with E-state index in [0.717, 1.165) is 0 Å². The van der Waals surface area contributed by atoms with Crippen LogP contribution in [0.15, 0.2) is 12.7 Å². The van der Waals surface area contributed by atoms with Gasteiger partial charge in [0.05, 0.1) is 0 Å². The molecule has 0 bridgehead atoms. The molecule has 0 aromatic rings. The molecule has 0 amide bonds. The fraction of sp³-hybridized carbons (Fsp3) is 0.846. The Bertz CT molecular complexity index is 439.